The molecule has 0 saturated carbocycles. The Hall–Kier alpha value is -2.46. The number of nitrogens with zero attached hydrogens (tertiary/aromatic N) is 2. The molecule has 1 N–H and O–H groups in total. The number of benzene rings is 1. The second kappa shape index (κ2) is 9.35. The van der Waals surface area contributed by atoms with Gasteiger partial charge in [-0.1, -0.05) is 23.9 Å². The van der Waals surface area contributed by atoms with E-state index in [4.69, 9.17) is 0 Å². The maximum absolute atomic E-state index is 12.8. The summed E-state index contributed by atoms with van der Waals surface area (Å²) in [4.78, 5) is 31.6. The van der Waals surface area contributed by atoms with Crippen LogP contribution in [0, 0.1) is 0 Å². The molecule has 2 aromatic heterocycles. The first-order chi connectivity index (χ1) is 14.9. The Bertz CT molecular complexity index is 1160. The van der Waals surface area contributed by atoms with Crippen LogP contribution < -0.4 is 15.6 Å². The van der Waals surface area contributed by atoms with Crippen LogP contribution in [0.2, 0.25) is 0 Å². The highest BCUT2D eigenvalue weighted by Gasteiger charge is 2.22. The number of aromatic nitrogens is 2. The van der Waals surface area contributed by atoms with Crippen molar-refractivity contribution >= 4 is 39.2 Å². The van der Waals surface area contributed by atoms with Gasteiger partial charge in [-0.3, -0.25) is 14.2 Å². The fourth-order valence-electron chi connectivity index (χ4n) is 3.60. The molecule has 4 rings (SSSR count). The highest BCUT2D eigenvalue weighted by atomic mass is 32.2. The predicted octanol–water partition coefficient (Wildman–Crippen LogP) is 3.54. The van der Waals surface area contributed by atoms with E-state index in [0.29, 0.717) is 18.1 Å². The van der Waals surface area contributed by atoms with Crippen LogP contribution in [0.3, 0.4) is 0 Å². The molecule has 0 atom stereocenters. The molecular weight excluding hydrogens is 444 g/mol. The molecule has 0 unspecified atom stereocenters. The summed E-state index contributed by atoms with van der Waals surface area (Å²) in [6.45, 7) is -2.43. The van der Waals surface area contributed by atoms with Crippen LogP contribution in [0.1, 0.15) is 22.4 Å². The molecule has 2 heterocycles. The van der Waals surface area contributed by atoms with Crippen LogP contribution in [-0.2, 0) is 31.1 Å². The van der Waals surface area contributed by atoms with Crippen molar-refractivity contribution in [2.45, 2.75) is 37.5 Å². The number of hydrogen-bond acceptors (Lipinski definition) is 6. The number of fused-ring (bicyclic) bond motifs is 3. The van der Waals surface area contributed by atoms with Gasteiger partial charge in [-0.05, 0) is 48.9 Å². The van der Waals surface area contributed by atoms with E-state index in [1.165, 1.54) is 33.3 Å². The lowest BCUT2D eigenvalue weighted by Crippen LogP contribution is -2.28. The highest BCUT2D eigenvalue weighted by molar-refractivity contribution is 7.99. The second-order valence-electron chi connectivity index (χ2n) is 7.21. The standard InChI is InChI=1S/C21H21F2N3O3S2/c1-26-19(28)17-14-3-2-4-15(14)31-18(17)25-21(26)30-11-16(27)24-10-9-12-5-7-13(8-6-12)29-20(22)23/h5-8,20H,2-4,9-11H2,1H3,(H,24,27). The van der Waals surface area contributed by atoms with Gasteiger partial charge in [0.25, 0.3) is 5.56 Å². The summed E-state index contributed by atoms with van der Waals surface area (Å²) in [5.41, 5.74) is 2.00. The molecule has 31 heavy (non-hydrogen) atoms. The van der Waals surface area contributed by atoms with Crippen LogP contribution >= 0.6 is 23.1 Å². The number of thiophene rings is 1. The lowest BCUT2D eigenvalue weighted by atomic mass is 10.1. The first kappa shape index (κ1) is 21.8. The smallest absolute Gasteiger partial charge is 0.387 e. The number of nitrogens with one attached hydrogen (secondary N) is 1. The molecule has 0 bridgehead atoms. The Morgan fingerprint density at radius 3 is 2.84 bits per heavy atom. The molecule has 0 fully saturated rings. The zero-order valence-corrected chi connectivity index (χ0v) is 18.5. The Morgan fingerprint density at radius 1 is 1.32 bits per heavy atom. The summed E-state index contributed by atoms with van der Waals surface area (Å²) < 4.78 is 30.2. The van der Waals surface area contributed by atoms with Crippen LogP contribution in [0.4, 0.5) is 8.78 Å². The quantitative estimate of drug-likeness (QED) is 0.407. The molecule has 3 aromatic rings. The number of halogens is 2. The average Bonchev–Trinajstić information content (AvgIpc) is 3.31. The normalized spacial score (nSPS) is 13.0. The molecule has 0 aliphatic heterocycles. The van der Waals surface area contributed by atoms with Crippen LogP contribution in [-0.4, -0.2) is 34.4 Å². The van der Waals surface area contributed by atoms with Crippen molar-refractivity contribution in [1.82, 2.24) is 14.9 Å². The summed E-state index contributed by atoms with van der Waals surface area (Å²) in [5, 5.41) is 4.09. The number of aryl methyl sites for hydroxylation is 2. The second-order valence-corrected chi connectivity index (χ2v) is 9.23. The van der Waals surface area contributed by atoms with Gasteiger partial charge in [0.15, 0.2) is 5.16 Å². The molecule has 164 valence electrons. The summed E-state index contributed by atoms with van der Waals surface area (Å²) in [6, 6.07) is 6.32. The third-order valence-corrected chi connectivity index (χ3v) is 7.34. The Kier molecular flexibility index (Phi) is 6.57. The minimum absolute atomic E-state index is 0.0495. The number of rotatable bonds is 8. The van der Waals surface area contributed by atoms with Gasteiger partial charge in [-0.2, -0.15) is 8.78 Å². The molecule has 0 saturated heterocycles. The first-order valence-electron chi connectivity index (χ1n) is 9.87. The molecule has 1 aliphatic rings. The summed E-state index contributed by atoms with van der Waals surface area (Å²) >= 11 is 2.82. The van der Waals surface area contributed by atoms with E-state index in [1.54, 1.807) is 30.5 Å². The summed E-state index contributed by atoms with van der Waals surface area (Å²) in [6.07, 6.45) is 3.59. The van der Waals surface area contributed by atoms with E-state index in [-0.39, 0.29) is 23.0 Å². The van der Waals surface area contributed by atoms with Crippen molar-refractivity contribution in [3.63, 3.8) is 0 Å². The fourth-order valence-corrected chi connectivity index (χ4v) is 5.70. The van der Waals surface area contributed by atoms with Crippen molar-refractivity contribution in [2.75, 3.05) is 12.3 Å². The van der Waals surface area contributed by atoms with E-state index >= 15 is 0 Å². The molecule has 1 aromatic carbocycles. The minimum Gasteiger partial charge on any atom is -0.435 e. The van der Waals surface area contributed by atoms with Crippen molar-refractivity contribution in [1.29, 1.82) is 0 Å². The van der Waals surface area contributed by atoms with Crippen LogP contribution in [0.15, 0.2) is 34.2 Å². The lowest BCUT2D eigenvalue weighted by Gasteiger charge is -2.09. The van der Waals surface area contributed by atoms with Gasteiger partial charge >= 0.3 is 6.61 Å². The van der Waals surface area contributed by atoms with E-state index in [1.807, 2.05) is 0 Å². The lowest BCUT2D eigenvalue weighted by molar-refractivity contribution is -0.118. The first-order valence-corrected chi connectivity index (χ1v) is 11.7. The number of carbonyl (C=O) groups excluding carboxylic acids is 1. The number of alkyl halides is 2. The van der Waals surface area contributed by atoms with Gasteiger partial charge in [0.05, 0.1) is 11.1 Å². The monoisotopic (exact) mass is 465 g/mol. The van der Waals surface area contributed by atoms with Gasteiger partial charge < -0.3 is 10.1 Å². The molecule has 6 nitrogen and oxygen atoms in total. The van der Waals surface area contributed by atoms with Gasteiger partial charge in [-0.25, -0.2) is 4.98 Å². The van der Waals surface area contributed by atoms with E-state index in [2.05, 4.69) is 15.0 Å². The molecule has 0 spiro atoms. The fraction of sp³-hybridized carbons (Fsp3) is 0.381. The van der Waals surface area contributed by atoms with E-state index < -0.39 is 6.61 Å². The van der Waals surface area contributed by atoms with E-state index in [0.717, 1.165) is 40.6 Å². The van der Waals surface area contributed by atoms with Crippen LogP contribution in [0.5, 0.6) is 5.75 Å². The number of thioether (sulfide) groups is 1. The number of amides is 1. The molecule has 1 aliphatic carbocycles. The van der Waals surface area contributed by atoms with Gasteiger partial charge in [-0.15, -0.1) is 11.3 Å². The third-order valence-electron chi connectivity index (χ3n) is 5.12. The maximum atomic E-state index is 12.8. The number of ether oxygens (including phenoxy) is 1. The van der Waals surface area contributed by atoms with Gasteiger partial charge in [0, 0.05) is 18.5 Å². The van der Waals surface area contributed by atoms with Gasteiger partial charge in [0.1, 0.15) is 10.6 Å². The zero-order valence-electron chi connectivity index (χ0n) is 16.8. The Morgan fingerprint density at radius 2 is 2.10 bits per heavy atom. The third kappa shape index (κ3) is 4.90. The topological polar surface area (TPSA) is 73.2 Å². The molecule has 0 radical (unpaired) electrons. The Labute approximate surface area is 185 Å². The minimum atomic E-state index is -2.85. The van der Waals surface area contributed by atoms with Crippen LogP contribution in [0.25, 0.3) is 10.2 Å². The zero-order chi connectivity index (χ0) is 22.0. The predicted molar refractivity (Wildman–Crippen MR) is 117 cm³/mol. The Balaban J connectivity index is 1.30. The molecule has 10 heteroatoms. The van der Waals surface area contributed by atoms with Crippen molar-refractivity contribution in [2.24, 2.45) is 7.05 Å². The number of hydrogen-bond donors (Lipinski definition) is 1. The summed E-state index contributed by atoms with van der Waals surface area (Å²) in [7, 11) is 1.69. The van der Waals surface area contributed by atoms with E-state index in [9.17, 15) is 18.4 Å². The largest absolute Gasteiger partial charge is 0.435 e. The SMILES string of the molecule is Cn1c(SCC(=O)NCCc2ccc(OC(F)F)cc2)nc2sc3c(c2c1=O)CCC3. The molecular formula is C21H21F2N3O3S2. The summed E-state index contributed by atoms with van der Waals surface area (Å²) in [5.74, 6) is 0.0915. The highest BCUT2D eigenvalue weighted by Crippen LogP contribution is 2.35. The number of carbonyl (C=O) groups is 1. The van der Waals surface area contributed by atoms with Crippen molar-refractivity contribution in [3.05, 3.63) is 50.6 Å². The maximum Gasteiger partial charge on any atom is 0.387 e. The van der Waals surface area contributed by atoms with Crippen molar-refractivity contribution in [3.8, 4) is 5.75 Å². The van der Waals surface area contributed by atoms with Crippen molar-refractivity contribution < 1.29 is 18.3 Å². The molecule has 1 amide bonds. The average molecular weight is 466 g/mol. The van der Waals surface area contributed by atoms with Gasteiger partial charge in [0.2, 0.25) is 5.91 Å².